The smallest absolute Gasteiger partial charge is 0.295 e. The SMILES string of the molecule is Cc1cc(C(=O)Nc2cc(C)nn2-c2nc3ccc(C(C)(C)C)cc3s2)on1. The highest BCUT2D eigenvalue weighted by molar-refractivity contribution is 7.20. The first-order valence-corrected chi connectivity index (χ1v) is 9.75. The number of carbonyl (C=O) groups excluding carboxylic acids is 1. The summed E-state index contributed by atoms with van der Waals surface area (Å²) in [4.78, 5) is 17.1. The van der Waals surface area contributed by atoms with Gasteiger partial charge in [-0.3, -0.25) is 4.79 Å². The van der Waals surface area contributed by atoms with E-state index in [4.69, 9.17) is 9.51 Å². The molecule has 0 radical (unpaired) electrons. The van der Waals surface area contributed by atoms with E-state index in [9.17, 15) is 4.79 Å². The Balaban J connectivity index is 1.70. The monoisotopic (exact) mass is 395 g/mol. The third-order valence-electron chi connectivity index (χ3n) is 4.35. The fourth-order valence-electron chi connectivity index (χ4n) is 2.85. The van der Waals surface area contributed by atoms with Crippen LogP contribution in [0.1, 0.15) is 48.3 Å². The number of aromatic nitrogens is 4. The van der Waals surface area contributed by atoms with Crippen molar-refractivity contribution >= 4 is 33.3 Å². The number of thiazole rings is 1. The largest absolute Gasteiger partial charge is 0.351 e. The van der Waals surface area contributed by atoms with Gasteiger partial charge < -0.3 is 9.84 Å². The maximum atomic E-state index is 12.4. The molecule has 7 nitrogen and oxygen atoms in total. The minimum atomic E-state index is -0.377. The summed E-state index contributed by atoms with van der Waals surface area (Å²) >= 11 is 1.54. The Morgan fingerprint density at radius 3 is 2.61 bits per heavy atom. The maximum Gasteiger partial charge on any atom is 0.295 e. The maximum absolute atomic E-state index is 12.4. The molecule has 1 N–H and O–H groups in total. The van der Waals surface area contributed by atoms with Crippen LogP contribution in [0.5, 0.6) is 0 Å². The lowest BCUT2D eigenvalue weighted by Crippen LogP contribution is -2.14. The van der Waals surface area contributed by atoms with Crippen molar-refractivity contribution in [3.63, 3.8) is 0 Å². The summed E-state index contributed by atoms with van der Waals surface area (Å²) in [6.07, 6.45) is 0. The average molecular weight is 395 g/mol. The van der Waals surface area contributed by atoms with E-state index in [0.717, 1.165) is 15.9 Å². The summed E-state index contributed by atoms with van der Waals surface area (Å²) in [5.74, 6) is 0.312. The van der Waals surface area contributed by atoms with Crippen LogP contribution in [0.15, 0.2) is 34.9 Å². The number of hydrogen-bond acceptors (Lipinski definition) is 6. The highest BCUT2D eigenvalue weighted by Crippen LogP contribution is 2.31. The number of fused-ring (bicyclic) bond motifs is 1. The molecule has 0 fully saturated rings. The minimum Gasteiger partial charge on any atom is -0.351 e. The molecule has 0 spiro atoms. The van der Waals surface area contributed by atoms with E-state index in [1.807, 2.05) is 13.0 Å². The van der Waals surface area contributed by atoms with Gasteiger partial charge in [-0.15, -0.1) is 0 Å². The van der Waals surface area contributed by atoms with Crippen LogP contribution in [0.3, 0.4) is 0 Å². The molecule has 28 heavy (non-hydrogen) atoms. The van der Waals surface area contributed by atoms with Gasteiger partial charge in [-0.05, 0) is 37.0 Å². The second-order valence-electron chi connectivity index (χ2n) is 7.80. The summed E-state index contributed by atoms with van der Waals surface area (Å²) < 4.78 is 7.77. The molecule has 0 saturated heterocycles. The Kier molecular flexibility index (Phi) is 4.30. The number of aryl methyl sites for hydroxylation is 2. The van der Waals surface area contributed by atoms with E-state index in [0.29, 0.717) is 16.6 Å². The number of nitrogens with zero attached hydrogens (tertiary/aromatic N) is 4. The molecule has 4 rings (SSSR count). The van der Waals surface area contributed by atoms with Gasteiger partial charge in [-0.25, -0.2) is 4.98 Å². The summed E-state index contributed by atoms with van der Waals surface area (Å²) in [6.45, 7) is 10.2. The number of rotatable bonds is 3. The van der Waals surface area contributed by atoms with Gasteiger partial charge in [-0.2, -0.15) is 9.78 Å². The van der Waals surface area contributed by atoms with Crippen molar-refractivity contribution in [2.75, 3.05) is 5.32 Å². The molecule has 3 heterocycles. The van der Waals surface area contributed by atoms with Crippen LogP contribution < -0.4 is 5.32 Å². The molecule has 0 unspecified atom stereocenters. The van der Waals surface area contributed by atoms with Crippen LogP contribution in [0.2, 0.25) is 0 Å². The number of amides is 1. The lowest BCUT2D eigenvalue weighted by Gasteiger charge is -2.18. The van der Waals surface area contributed by atoms with Gasteiger partial charge in [0.1, 0.15) is 5.82 Å². The molecule has 1 amide bonds. The van der Waals surface area contributed by atoms with Gasteiger partial charge in [0.25, 0.3) is 5.91 Å². The van der Waals surface area contributed by atoms with Crippen molar-refractivity contribution < 1.29 is 9.32 Å². The Hall–Kier alpha value is -3.00. The number of benzene rings is 1. The van der Waals surface area contributed by atoms with Crippen LogP contribution >= 0.6 is 11.3 Å². The topological polar surface area (TPSA) is 85.8 Å². The molecule has 8 heteroatoms. The Labute approximate surface area is 166 Å². The molecule has 0 aliphatic heterocycles. The Morgan fingerprint density at radius 2 is 1.93 bits per heavy atom. The normalized spacial score (nSPS) is 11.9. The van der Waals surface area contributed by atoms with Crippen molar-refractivity contribution in [3.05, 3.63) is 53.0 Å². The summed E-state index contributed by atoms with van der Waals surface area (Å²) in [5.41, 5.74) is 3.65. The quantitative estimate of drug-likeness (QED) is 0.546. The van der Waals surface area contributed by atoms with Gasteiger partial charge in [0, 0.05) is 12.1 Å². The lowest BCUT2D eigenvalue weighted by molar-refractivity contribution is 0.0987. The van der Waals surface area contributed by atoms with Crippen molar-refractivity contribution in [3.8, 4) is 5.13 Å². The third kappa shape index (κ3) is 3.43. The fraction of sp³-hybridized carbons (Fsp3) is 0.300. The predicted octanol–water partition coefficient (Wildman–Crippen LogP) is 4.64. The van der Waals surface area contributed by atoms with Crippen LogP contribution in [-0.4, -0.2) is 25.8 Å². The zero-order chi connectivity index (χ0) is 20.1. The van der Waals surface area contributed by atoms with Gasteiger partial charge in [0.05, 0.1) is 21.6 Å². The van der Waals surface area contributed by atoms with Crippen molar-refractivity contribution in [2.45, 2.75) is 40.0 Å². The molecule has 4 aromatic rings. The van der Waals surface area contributed by atoms with Crippen molar-refractivity contribution in [1.29, 1.82) is 0 Å². The number of nitrogens with one attached hydrogen (secondary N) is 1. The molecule has 0 atom stereocenters. The van der Waals surface area contributed by atoms with E-state index in [1.54, 1.807) is 23.7 Å². The molecule has 144 valence electrons. The lowest BCUT2D eigenvalue weighted by atomic mass is 9.87. The molecule has 0 bridgehead atoms. The zero-order valence-electron chi connectivity index (χ0n) is 16.4. The van der Waals surface area contributed by atoms with Crippen LogP contribution in [-0.2, 0) is 5.41 Å². The molecular weight excluding hydrogens is 374 g/mol. The van der Waals surface area contributed by atoms with Gasteiger partial charge >= 0.3 is 0 Å². The van der Waals surface area contributed by atoms with E-state index in [2.05, 4.69) is 48.5 Å². The summed E-state index contributed by atoms with van der Waals surface area (Å²) in [5, 5.41) is 11.8. The fourth-order valence-corrected chi connectivity index (χ4v) is 3.82. The number of carbonyl (C=O) groups is 1. The Bertz CT molecular complexity index is 1180. The van der Waals surface area contributed by atoms with E-state index >= 15 is 0 Å². The molecule has 1 aromatic carbocycles. The van der Waals surface area contributed by atoms with Gasteiger partial charge in [-0.1, -0.05) is 43.3 Å². The van der Waals surface area contributed by atoms with Gasteiger partial charge in [0.15, 0.2) is 0 Å². The van der Waals surface area contributed by atoms with Crippen molar-refractivity contribution in [1.82, 2.24) is 19.9 Å². The summed E-state index contributed by atoms with van der Waals surface area (Å²) in [7, 11) is 0. The zero-order valence-corrected chi connectivity index (χ0v) is 17.2. The van der Waals surface area contributed by atoms with Crippen LogP contribution in [0.4, 0.5) is 5.82 Å². The first-order chi connectivity index (χ1) is 13.2. The molecule has 0 aliphatic carbocycles. The van der Waals surface area contributed by atoms with Gasteiger partial charge in [0.2, 0.25) is 10.9 Å². The summed E-state index contributed by atoms with van der Waals surface area (Å²) in [6, 6.07) is 9.70. The molecule has 3 aromatic heterocycles. The first kappa shape index (κ1) is 18.4. The average Bonchev–Trinajstić information content (AvgIpc) is 3.31. The van der Waals surface area contributed by atoms with Crippen molar-refractivity contribution in [2.24, 2.45) is 0 Å². The molecule has 0 aliphatic rings. The Morgan fingerprint density at radius 1 is 1.14 bits per heavy atom. The van der Waals surface area contributed by atoms with E-state index < -0.39 is 0 Å². The molecular formula is C20H21N5O2S. The molecule has 0 saturated carbocycles. The standard InChI is InChI=1S/C20H21N5O2S/c1-11-9-17(22-18(26)15-8-12(2)24-27-15)25(23-11)19-21-14-7-6-13(20(3,4)5)10-16(14)28-19/h6-10H,1-5H3,(H,22,26). The van der Waals surface area contributed by atoms with Crippen LogP contribution in [0, 0.1) is 13.8 Å². The van der Waals surface area contributed by atoms with E-state index in [-0.39, 0.29) is 17.1 Å². The second kappa shape index (κ2) is 6.56. The second-order valence-corrected chi connectivity index (χ2v) is 8.81. The highest BCUT2D eigenvalue weighted by atomic mass is 32.1. The minimum absolute atomic E-state index is 0.0645. The van der Waals surface area contributed by atoms with Crippen LogP contribution in [0.25, 0.3) is 15.3 Å². The first-order valence-electron chi connectivity index (χ1n) is 8.93. The van der Waals surface area contributed by atoms with E-state index in [1.165, 1.54) is 16.9 Å². The highest BCUT2D eigenvalue weighted by Gasteiger charge is 2.19. The predicted molar refractivity (Wildman–Crippen MR) is 109 cm³/mol. The number of hydrogen-bond donors (Lipinski definition) is 1. The number of anilines is 1. The third-order valence-corrected chi connectivity index (χ3v) is 5.34.